The fourth-order valence-electron chi connectivity index (χ4n) is 2.58. The first kappa shape index (κ1) is 11.3. The smallest absolute Gasteiger partial charge is 0.254 e. The van der Waals surface area contributed by atoms with Gasteiger partial charge >= 0.3 is 0 Å². The van der Waals surface area contributed by atoms with Crippen molar-refractivity contribution in [1.29, 1.82) is 0 Å². The lowest BCUT2D eigenvalue weighted by molar-refractivity contribution is 0.0606. The normalized spacial score (nSPS) is 23.3. The van der Waals surface area contributed by atoms with Crippen molar-refractivity contribution in [2.45, 2.75) is 12.5 Å². The van der Waals surface area contributed by atoms with E-state index in [-0.39, 0.29) is 11.9 Å². The minimum Gasteiger partial charge on any atom is -0.333 e. The molecule has 2 heterocycles. The molecule has 17 heavy (non-hydrogen) atoms. The summed E-state index contributed by atoms with van der Waals surface area (Å²) in [5.74, 6) is 0.0799. The van der Waals surface area contributed by atoms with E-state index in [9.17, 15) is 4.79 Å². The van der Waals surface area contributed by atoms with Crippen LogP contribution >= 0.6 is 23.2 Å². The molecule has 1 fully saturated rings. The Labute approximate surface area is 110 Å². The lowest BCUT2D eigenvalue weighted by Crippen LogP contribution is -2.56. The molecule has 3 nitrogen and oxygen atoms in total. The molecule has 1 aromatic carbocycles. The summed E-state index contributed by atoms with van der Waals surface area (Å²) in [5, 5.41) is 4.28. The van der Waals surface area contributed by atoms with Crippen LogP contribution in [0.2, 0.25) is 10.0 Å². The van der Waals surface area contributed by atoms with Gasteiger partial charge in [0, 0.05) is 31.2 Å². The Morgan fingerprint density at radius 2 is 2.06 bits per heavy atom. The van der Waals surface area contributed by atoms with Crippen LogP contribution in [-0.2, 0) is 6.42 Å². The molecule has 1 aromatic rings. The highest BCUT2D eigenvalue weighted by atomic mass is 35.5. The zero-order valence-electron chi connectivity index (χ0n) is 9.17. The Balaban J connectivity index is 2.06. The molecule has 1 unspecified atom stereocenters. The largest absolute Gasteiger partial charge is 0.333 e. The number of carbonyl (C=O) groups excluding carboxylic acids is 1. The van der Waals surface area contributed by atoms with Crippen molar-refractivity contribution >= 4 is 29.1 Å². The number of rotatable bonds is 0. The number of nitrogens with zero attached hydrogens (tertiary/aromatic N) is 1. The first-order valence-electron chi connectivity index (χ1n) is 5.66. The Kier molecular flexibility index (Phi) is 2.77. The van der Waals surface area contributed by atoms with Gasteiger partial charge in [0.1, 0.15) is 0 Å². The van der Waals surface area contributed by atoms with Gasteiger partial charge in [-0.15, -0.1) is 0 Å². The molecule has 3 rings (SSSR count). The summed E-state index contributed by atoms with van der Waals surface area (Å²) in [6.07, 6.45) is 0.852. The molecule has 5 heteroatoms. The molecule has 0 aromatic heterocycles. The van der Waals surface area contributed by atoms with Crippen molar-refractivity contribution < 1.29 is 4.79 Å². The van der Waals surface area contributed by atoms with Crippen LogP contribution in [0.15, 0.2) is 12.1 Å². The summed E-state index contributed by atoms with van der Waals surface area (Å²) >= 11 is 12.0. The second-order valence-corrected chi connectivity index (χ2v) is 5.30. The minimum atomic E-state index is 0.0799. The van der Waals surface area contributed by atoms with Crippen LogP contribution < -0.4 is 5.32 Å². The van der Waals surface area contributed by atoms with Gasteiger partial charge in [-0.1, -0.05) is 23.2 Å². The summed E-state index contributed by atoms with van der Waals surface area (Å²) in [6, 6.07) is 3.77. The van der Waals surface area contributed by atoms with Crippen molar-refractivity contribution in [3.05, 3.63) is 33.3 Å². The molecule has 0 bridgehead atoms. The van der Waals surface area contributed by atoms with Crippen molar-refractivity contribution in [2.75, 3.05) is 19.6 Å². The summed E-state index contributed by atoms with van der Waals surface area (Å²) in [5.41, 5.74) is 1.71. The van der Waals surface area contributed by atoms with Crippen LogP contribution in [0, 0.1) is 0 Å². The first-order chi connectivity index (χ1) is 8.16. The van der Waals surface area contributed by atoms with E-state index >= 15 is 0 Å². The van der Waals surface area contributed by atoms with Gasteiger partial charge < -0.3 is 10.2 Å². The van der Waals surface area contributed by atoms with E-state index in [0.29, 0.717) is 15.6 Å². The van der Waals surface area contributed by atoms with Gasteiger partial charge in [-0.25, -0.2) is 0 Å². The third-order valence-corrected chi connectivity index (χ3v) is 4.17. The van der Waals surface area contributed by atoms with Crippen LogP contribution in [0.1, 0.15) is 15.9 Å². The molecule has 0 aliphatic carbocycles. The standard InChI is InChI=1S/C12H12Cl2N2O/c13-10-4-7-3-8-6-15-1-2-16(8)12(17)9(7)5-11(10)14/h4-5,8,15H,1-3,6H2. The lowest BCUT2D eigenvalue weighted by atomic mass is 9.92. The molecule has 2 aliphatic heterocycles. The topological polar surface area (TPSA) is 32.3 Å². The fraction of sp³-hybridized carbons (Fsp3) is 0.417. The molecule has 2 aliphatic rings. The van der Waals surface area contributed by atoms with Gasteiger partial charge in [0.25, 0.3) is 5.91 Å². The molecule has 90 valence electrons. The van der Waals surface area contributed by atoms with Gasteiger partial charge in [-0.2, -0.15) is 0 Å². The molecular formula is C12H12Cl2N2O. The van der Waals surface area contributed by atoms with Crippen LogP contribution in [0.5, 0.6) is 0 Å². The Bertz CT molecular complexity index is 490. The number of piperazine rings is 1. The van der Waals surface area contributed by atoms with Crippen LogP contribution in [0.3, 0.4) is 0 Å². The number of halogens is 2. The summed E-state index contributed by atoms with van der Waals surface area (Å²) in [4.78, 5) is 14.2. The van der Waals surface area contributed by atoms with Crippen molar-refractivity contribution in [2.24, 2.45) is 0 Å². The molecule has 1 amide bonds. The minimum absolute atomic E-state index is 0.0799. The van der Waals surface area contributed by atoms with E-state index < -0.39 is 0 Å². The average Bonchev–Trinajstić information content (AvgIpc) is 2.32. The third kappa shape index (κ3) is 1.82. The molecular weight excluding hydrogens is 259 g/mol. The Morgan fingerprint density at radius 1 is 1.29 bits per heavy atom. The van der Waals surface area contributed by atoms with Gasteiger partial charge in [0.05, 0.1) is 10.0 Å². The number of benzene rings is 1. The second-order valence-electron chi connectivity index (χ2n) is 4.48. The molecule has 1 atom stereocenters. The Morgan fingerprint density at radius 3 is 2.88 bits per heavy atom. The van der Waals surface area contributed by atoms with E-state index in [2.05, 4.69) is 5.32 Å². The maximum atomic E-state index is 12.3. The van der Waals surface area contributed by atoms with E-state index in [1.807, 2.05) is 11.0 Å². The van der Waals surface area contributed by atoms with Crippen molar-refractivity contribution in [3.63, 3.8) is 0 Å². The zero-order chi connectivity index (χ0) is 12.0. The molecule has 1 saturated heterocycles. The molecule has 1 N–H and O–H groups in total. The molecule has 0 radical (unpaired) electrons. The number of nitrogens with one attached hydrogen (secondary N) is 1. The maximum Gasteiger partial charge on any atom is 0.254 e. The van der Waals surface area contributed by atoms with Crippen LogP contribution in [0.4, 0.5) is 0 Å². The summed E-state index contributed by atoms with van der Waals surface area (Å²) in [7, 11) is 0. The zero-order valence-corrected chi connectivity index (χ0v) is 10.7. The Hall–Kier alpha value is -0.770. The highest BCUT2D eigenvalue weighted by Crippen LogP contribution is 2.31. The lowest BCUT2D eigenvalue weighted by Gasteiger charge is -2.40. The van der Waals surface area contributed by atoms with Gasteiger partial charge in [0.15, 0.2) is 0 Å². The van der Waals surface area contributed by atoms with Crippen molar-refractivity contribution in [1.82, 2.24) is 10.2 Å². The summed E-state index contributed by atoms with van der Waals surface area (Å²) in [6.45, 7) is 2.48. The fourth-order valence-corrected chi connectivity index (χ4v) is 2.93. The predicted molar refractivity (Wildman–Crippen MR) is 67.9 cm³/mol. The highest BCUT2D eigenvalue weighted by Gasteiger charge is 2.34. The van der Waals surface area contributed by atoms with E-state index in [1.165, 1.54) is 0 Å². The number of hydrogen-bond donors (Lipinski definition) is 1. The summed E-state index contributed by atoms with van der Waals surface area (Å²) < 4.78 is 0. The van der Waals surface area contributed by atoms with Gasteiger partial charge in [-0.3, -0.25) is 4.79 Å². The monoisotopic (exact) mass is 270 g/mol. The number of hydrogen-bond acceptors (Lipinski definition) is 2. The quantitative estimate of drug-likeness (QED) is 0.782. The van der Waals surface area contributed by atoms with E-state index in [0.717, 1.165) is 31.6 Å². The SMILES string of the molecule is O=C1c2cc(Cl)c(Cl)cc2CC2CNCCN12. The molecule has 0 spiro atoms. The van der Waals surface area contributed by atoms with Crippen LogP contribution in [-0.4, -0.2) is 36.5 Å². The number of carbonyl (C=O) groups is 1. The highest BCUT2D eigenvalue weighted by molar-refractivity contribution is 6.42. The first-order valence-corrected chi connectivity index (χ1v) is 6.42. The van der Waals surface area contributed by atoms with Crippen molar-refractivity contribution in [3.8, 4) is 0 Å². The van der Waals surface area contributed by atoms with Gasteiger partial charge in [0.2, 0.25) is 0 Å². The van der Waals surface area contributed by atoms with E-state index in [1.54, 1.807) is 6.07 Å². The maximum absolute atomic E-state index is 12.3. The van der Waals surface area contributed by atoms with E-state index in [4.69, 9.17) is 23.2 Å². The van der Waals surface area contributed by atoms with Crippen LogP contribution in [0.25, 0.3) is 0 Å². The molecule has 0 saturated carbocycles. The third-order valence-electron chi connectivity index (χ3n) is 3.44. The second kappa shape index (κ2) is 4.16. The average molecular weight is 271 g/mol. The number of fused-ring (bicyclic) bond motifs is 2. The number of amides is 1. The predicted octanol–water partition coefficient (Wildman–Crippen LogP) is 1.96. The van der Waals surface area contributed by atoms with Gasteiger partial charge in [-0.05, 0) is 24.1 Å².